The first-order valence-electron chi connectivity index (χ1n) is 7.34. The maximum Gasteiger partial charge on any atom is 0.252 e. The summed E-state index contributed by atoms with van der Waals surface area (Å²) < 4.78 is 16.5. The van der Waals surface area contributed by atoms with Crippen LogP contribution in [-0.4, -0.2) is 27.2 Å². The van der Waals surface area contributed by atoms with Crippen molar-refractivity contribution in [3.05, 3.63) is 51.5 Å². The van der Waals surface area contributed by atoms with Gasteiger partial charge in [0.05, 0.1) is 31.4 Å². The fourth-order valence-electron chi connectivity index (χ4n) is 2.27. The number of benzene rings is 2. The predicted octanol–water partition coefficient (Wildman–Crippen LogP) is 3.71. The lowest BCUT2D eigenvalue weighted by molar-refractivity contribution is 0.0949. The van der Waals surface area contributed by atoms with Gasteiger partial charge in [0.25, 0.3) is 5.91 Å². The number of aryl methyl sites for hydroxylation is 1. The van der Waals surface area contributed by atoms with E-state index in [1.165, 1.54) is 26.9 Å². The van der Waals surface area contributed by atoms with Gasteiger partial charge >= 0.3 is 0 Å². The van der Waals surface area contributed by atoms with Crippen LogP contribution < -0.4 is 19.5 Å². The van der Waals surface area contributed by atoms with Crippen molar-refractivity contribution in [3.63, 3.8) is 0 Å². The van der Waals surface area contributed by atoms with Crippen LogP contribution in [0.2, 0.25) is 0 Å². The molecule has 0 aliphatic rings. The Balaban J connectivity index is 2.26. The van der Waals surface area contributed by atoms with Crippen molar-refractivity contribution >= 4 is 21.8 Å². The third-order valence-electron chi connectivity index (χ3n) is 3.59. The van der Waals surface area contributed by atoms with E-state index in [-0.39, 0.29) is 5.91 Å². The van der Waals surface area contributed by atoms with E-state index in [1.807, 2.05) is 31.2 Å². The number of nitrogens with one attached hydrogen (secondary N) is 1. The highest BCUT2D eigenvalue weighted by Gasteiger charge is 2.22. The summed E-state index contributed by atoms with van der Waals surface area (Å²) in [7, 11) is 4.54. The molecule has 0 bridgehead atoms. The lowest BCUT2D eigenvalue weighted by Gasteiger charge is -2.16. The fourth-order valence-corrected chi connectivity index (χ4v) is 2.91. The Morgan fingerprint density at radius 3 is 2.21 bits per heavy atom. The molecule has 128 valence electrons. The minimum atomic E-state index is -0.235. The number of rotatable bonds is 6. The summed E-state index contributed by atoms with van der Waals surface area (Å²) in [5.41, 5.74) is 2.62. The molecular weight excluding hydrogens is 374 g/mol. The summed E-state index contributed by atoms with van der Waals surface area (Å²) in [6.07, 6.45) is 0. The molecule has 0 aliphatic carbocycles. The van der Waals surface area contributed by atoms with Gasteiger partial charge in [-0.05, 0) is 34.5 Å². The van der Waals surface area contributed by atoms with Crippen molar-refractivity contribution in [2.24, 2.45) is 0 Å². The van der Waals surface area contributed by atoms with Crippen LogP contribution in [0.25, 0.3) is 0 Å². The van der Waals surface area contributed by atoms with Crippen molar-refractivity contribution in [2.45, 2.75) is 13.5 Å². The molecular formula is C18H20BrNO4. The standard InChI is InChI=1S/C18H20BrNO4/c1-11-5-7-12(8-6-11)10-20-18(21)13-9-14(22-2)16(23-3)17(24-4)15(13)19/h5-9H,10H2,1-4H3,(H,20,21). The molecule has 1 amide bonds. The minimum absolute atomic E-state index is 0.235. The Morgan fingerprint density at radius 2 is 1.67 bits per heavy atom. The molecule has 2 aromatic rings. The SMILES string of the molecule is COc1cc(C(=O)NCc2ccc(C)cc2)c(Br)c(OC)c1OC. The van der Waals surface area contributed by atoms with Gasteiger partial charge in [-0.25, -0.2) is 0 Å². The van der Waals surface area contributed by atoms with Crippen LogP contribution in [0, 0.1) is 6.92 Å². The molecule has 0 radical (unpaired) electrons. The highest BCUT2D eigenvalue weighted by molar-refractivity contribution is 9.10. The van der Waals surface area contributed by atoms with Crippen LogP contribution >= 0.6 is 15.9 Å². The van der Waals surface area contributed by atoms with Gasteiger partial charge in [0.1, 0.15) is 0 Å². The largest absolute Gasteiger partial charge is 0.493 e. The number of hydrogen-bond donors (Lipinski definition) is 1. The first kappa shape index (κ1) is 18.1. The number of amides is 1. The summed E-state index contributed by atoms with van der Waals surface area (Å²) >= 11 is 3.41. The van der Waals surface area contributed by atoms with Gasteiger partial charge in [-0.15, -0.1) is 0 Å². The Labute approximate surface area is 150 Å². The molecule has 0 saturated carbocycles. The number of halogens is 1. The average Bonchev–Trinajstić information content (AvgIpc) is 2.60. The quantitative estimate of drug-likeness (QED) is 0.812. The van der Waals surface area contributed by atoms with Crippen LogP contribution in [0.5, 0.6) is 17.2 Å². The second-order valence-corrected chi connectivity index (χ2v) is 5.97. The van der Waals surface area contributed by atoms with Crippen LogP contribution in [0.3, 0.4) is 0 Å². The second-order valence-electron chi connectivity index (χ2n) is 5.18. The lowest BCUT2D eigenvalue weighted by Crippen LogP contribution is -2.23. The highest BCUT2D eigenvalue weighted by Crippen LogP contribution is 2.44. The van der Waals surface area contributed by atoms with E-state index in [2.05, 4.69) is 21.2 Å². The maximum absolute atomic E-state index is 12.5. The number of ether oxygens (including phenoxy) is 3. The third-order valence-corrected chi connectivity index (χ3v) is 4.38. The number of methoxy groups -OCH3 is 3. The zero-order chi connectivity index (χ0) is 17.7. The smallest absolute Gasteiger partial charge is 0.252 e. The van der Waals surface area contributed by atoms with Gasteiger partial charge in [-0.2, -0.15) is 0 Å². The molecule has 24 heavy (non-hydrogen) atoms. The van der Waals surface area contributed by atoms with Crippen LogP contribution in [-0.2, 0) is 6.54 Å². The van der Waals surface area contributed by atoms with Gasteiger partial charge in [0.2, 0.25) is 5.75 Å². The van der Waals surface area contributed by atoms with Crippen molar-refractivity contribution in [1.29, 1.82) is 0 Å². The lowest BCUT2D eigenvalue weighted by atomic mass is 10.1. The van der Waals surface area contributed by atoms with E-state index >= 15 is 0 Å². The summed E-state index contributed by atoms with van der Waals surface area (Å²) in [4.78, 5) is 12.5. The van der Waals surface area contributed by atoms with E-state index in [0.717, 1.165) is 5.56 Å². The van der Waals surface area contributed by atoms with Crippen molar-refractivity contribution in [1.82, 2.24) is 5.32 Å². The molecule has 1 N–H and O–H groups in total. The third kappa shape index (κ3) is 3.82. The molecule has 0 saturated heterocycles. The fraction of sp³-hybridized carbons (Fsp3) is 0.278. The topological polar surface area (TPSA) is 56.8 Å². The maximum atomic E-state index is 12.5. The zero-order valence-electron chi connectivity index (χ0n) is 14.1. The van der Waals surface area contributed by atoms with Crippen LogP contribution in [0.4, 0.5) is 0 Å². The van der Waals surface area contributed by atoms with Gasteiger partial charge < -0.3 is 19.5 Å². The van der Waals surface area contributed by atoms with Gasteiger partial charge in [0.15, 0.2) is 11.5 Å². The number of carbonyl (C=O) groups is 1. The van der Waals surface area contributed by atoms with E-state index < -0.39 is 0 Å². The Bertz CT molecular complexity index is 729. The predicted molar refractivity (Wildman–Crippen MR) is 96.1 cm³/mol. The first-order valence-corrected chi connectivity index (χ1v) is 8.13. The monoisotopic (exact) mass is 393 g/mol. The summed E-state index contributed by atoms with van der Waals surface area (Å²) in [6.45, 7) is 2.46. The Morgan fingerprint density at radius 1 is 1.04 bits per heavy atom. The molecule has 0 unspecified atom stereocenters. The Hall–Kier alpha value is -2.21. The first-order chi connectivity index (χ1) is 11.5. The van der Waals surface area contributed by atoms with E-state index in [4.69, 9.17) is 14.2 Å². The number of hydrogen-bond acceptors (Lipinski definition) is 4. The van der Waals surface area contributed by atoms with Crippen LogP contribution in [0.1, 0.15) is 21.5 Å². The highest BCUT2D eigenvalue weighted by atomic mass is 79.9. The molecule has 0 heterocycles. The average molecular weight is 394 g/mol. The molecule has 0 aromatic heterocycles. The normalized spacial score (nSPS) is 10.2. The Kier molecular flexibility index (Phi) is 6.09. The molecule has 0 atom stereocenters. The van der Waals surface area contributed by atoms with E-state index in [9.17, 15) is 4.79 Å². The molecule has 5 nitrogen and oxygen atoms in total. The summed E-state index contributed by atoms with van der Waals surface area (Å²) in [5.74, 6) is 1.04. The number of carbonyl (C=O) groups excluding carboxylic acids is 1. The van der Waals surface area contributed by atoms with Crippen molar-refractivity contribution in [3.8, 4) is 17.2 Å². The second kappa shape index (κ2) is 8.06. The summed E-state index contributed by atoms with van der Waals surface area (Å²) in [6, 6.07) is 9.61. The molecule has 0 fully saturated rings. The van der Waals surface area contributed by atoms with Crippen molar-refractivity contribution in [2.75, 3.05) is 21.3 Å². The van der Waals surface area contributed by atoms with Gasteiger partial charge in [-0.3, -0.25) is 4.79 Å². The minimum Gasteiger partial charge on any atom is -0.493 e. The van der Waals surface area contributed by atoms with E-state index in [1.54, 1.807) is 6.07 Å². The van der Waals surface area contributed by atoms with Crippen molar-refractivity contribution < 1.29 is 19.0 Å². The molecule has 6 heteroatoms. The molecule has 0 spiro atoms. The molecule has 2 rings (SSSR count). The molecule has 0 aliphatic heterocycles. The van der Waals surface area contributed by atoms with Gasteiger partial charge in [0, 0.05) is 6.54 Å². The van der Waals surface area contributed by atoms with Crippen LogP contribution in [0.15, 0.2) is 34.8 Å². The molecule has 2 aromatic carbocycles. The van der Waals surface area contributed by atoms with E-state index in [0.29, 0.717) is 33.8 Å². The summed E-state index contributed by atoms with van der Waals surface area (Å²) in [5, 5.41) is 2.89. The zero-order valence-corrected chi connectivity index (χ0v) is 15.7. The van der Waals surface area contributed by atoms with Gasteiger partial charge in [-0.1, -0.05) is 29.8 Å².